The Bertz CT molecular complexity index is 1040. The largest absolute Gasteiger partial charge is 0.472 e. The number of thioether (sulfide) groups is 1. The Hall–Kier alpha value is -1.21. The standard InChI is InChI=1S/C30H42N2O3S/c1-20-3-5-26(22-9-13-34-15-22)31-18-29(11-7-24(20)31)17-30(36-19-29)12-8-25-21(2)4-6-27(32(25)28(30)33)23-10-14-35-16-23/h9-10,13-16,20-21,24-28,33H,3-8,11-12,17-19H2,1-2H3/t20-,21-,24+,25+,26?,27-,28-,29+,30+/m1/s1. The van der Waals surface area contributed by atoms with Crippen molar-refractivity contribution in [2.75, 3.05) is 12.3 Å². The first kappa shape index (κ1) is 23.9. The smallest absolute Gasteiger partial charge is 0.122 e. The molecule has 5 fully saturated rings. The summed E-state index contributed by atoms with van der Waals surface area (Å²) in [4.78, 5) is 5.38. The number of hydrogen-bond donors (Lipinski definition) is 1. The van der Waals surface area contributed by atoms with Crippen molar-refractivity contribution in [1.82, 2.24) is 9.80 Å². The quantitative estimate of drug-likeness (QED) is 0.490. The van der Waals surface area contributed by atoms with Crippen molar-refractivity contribution >= 4 is 11.8 Å². The van der Waals surface area contributed by atoms with Crippen LogP contribution in [0.5, 0.6) is 0 Å². The van der Waals surface area contributed by atoms with Gasteiger partial charge in [-0.2, -0.15) is 11.8 Å². The van der Waals surface area contributed by atoms with E-state index in [9.17, 15) is 5.11 Å². The van der Waals surface area contributed by atoms with Crippen LogP contribution in [0, 0.1) is 17.3 Å². The van der Waals surface area contributed by atoms with Crippen LogP contribution in [0.2, 0.25) is 0 Å². The molecule has 7 heterocycles. The highest BCUT2D eigenvalue weighted by atomic mass is 32.2. The van der Waals surface area contributed by atoms with Crippen LogP contribution < -0.4 is 0 Å². The molecule has 0 aliphatic carbocycles. The van der Waals surface area contributed by atoms with Crippen LogP contribution >= 0.6 is 11.8 Å². The summed E-state index contributed by atoms with van der Waals surface area (Å²) in [5.41, 5.74) is 2.90. The third kappa shape index (κ3) is 3.69. The first-order valence-corrected chi connectivity index (χ1v) is 15.4. The van der Waals surface area contributed by atoms with Gasteiger partial charge in [0.15, 0.2) is 0 Å². The molecular formula is C30H42N2O3S. The third-order valence-electron chi connectivity index (χ3n) is 11.0. The lowest BCUT2D eigenvalue weighted by molar-refractivity contribution is -0.142. The second-order valence-corrected chi connectivity index (χ2v) is 14.4. The molecule has 36 heavy (non-hydrogen) atoms. The van der Waals surface area contributed by atoms with Crippen molar-refractivity contribution in [3.8, 4) is 0 Å². The first-order chi connectivity index (χ1) is 17.5. The minimum Gasteiger partial charge on any atom is -0.472 e. The minimum atomic E-state index is -0.383. The lowest BCUT2D eigenvalue weighted by atomic mass is 9.67. The average molecular weight is 511 g/mol. The fraction of sp³-hybridized carbons (Fsp3) is 0.733. The second kappa shape index (κ2) is 8.93. The number of aliphatic hydroxyl groups excluding tert-OH is 1. The van der Waals surface area contributed by atoms with E-state index >= 15 is 0 Å². The highest BCUT2D eigenvalue weighted by Gasteiger charge is 2.60. The van der Waals surface area contributed by atoms with E-state index in [1.54, 1.807) is 6.26 Å². The van der Waals surface area contributed by atoms with Crippen LogP contribution in [-0.4, -0.2) is 50.3 Å². The highest BCUT2D eigenvalue weighted by Crippen LogP contribution is 2.62. The Kier molecular flexibility index (Phi) is 5.92. The Morgan fingerprint density at radius 3 is 2.25 bits per heavy atom. The molecule has 2 aromatic rings. The third-order valence-corrected chi connectivity index (χ3v) is 12.9. The van der Waals surface area contributed by atoms with Crippen molar-refractivity contribution in [1.29, 1.82) is 0 Å². The number of aliphatic hydroxyl groups is 1. The first-order valence-electron chi connectivity index (χ1n) is 14.4. The van der Waals surface area contributed by atoms with Crippen LogP contribution in [0.1, 0.15) is 94.8 Å². The van der Waals surface area contributed by atoms with E-state index in [0.29, 0.717) is 29.5 Å². The van der Waals surface area contributed by atoms with E-state index < -0.39 is 0 Å². The maximum Gasteiger partial charge on any atom is 0.122 e. The maximum atomic E-state index is 12.2. The molecule has 0 radical (unpaired) electrons. The zero-order chi connectivity index (χ0) is 24.5. The molecule has 0 amide bonds. The van der Waals surface area contributed by atoms with Crippen LogP contribution in [0.15, 0.2) is 46.0 Å². The summed E-state index contributed by atoms with van der Waals surface area (Å²) < 4.78 is 11.0. The molecule has 6 heteroatoms. The van der Waals surface area contributed by atoms with Gasteiger partial charge in [0, 0.05) is 47.6 Å². The van der Waals surface area contributed by atoms with Gasteiger partial charge < -0.3 is 13.9 Å². The predicted octanol–water partition coefficient (Wildman–Crippen LogP) is 6.62. The van der Waals surface area contributed by atoms with Crippen LogP contribution in [0.25, 0.3) is 0 Å². The summed E-state index contributed by atoms with van der Waals surface area (Å²) in [6, 6.07) is 6.21. The van der Waals surface area contributed by atoms with Gasteiger partial charge >= 0.3 is 0 Å². The molecular weight excluding hydrogens is 468 g/mol. The van der Waals surface area contributed by atoms with Gasteiger partial charge in [-0.3, -0.25) is 9.80 Å². The monoisotopic (exact) mass is 510 g/mol. The number of hydrogen-bond acceptors (Lipinski definition) is 6. The zero-order valence-corrected chi connectivity index (χ0v) is 22.7. The lowest BCUT2D eigenvalue weighted by Crippen LogP contribution is -2.63. The molecule has 1 N–H and O–H groups in total. The van der Waals surface area contributed by atoms with Gasteiger partial charge in [0.25, 0.3) is 0 Å². The number of piperidine rings is 4. The Labute approximate surface area is 220 Å². The normalized spacial score (nSPS) is 45.7. The molecule has 0 aromatic carbocycles. The van der Waals surface area contributed by atoms with Crippen molar-refractivity contribution in [2.24, 2.45) is 17.3 Å². The van der Waals surface area contributed by atoms with Crippen LogP contribution in [-0.2, 0) is 0 Å². The Morgan fingerprint density at radius 2 is 1.53 bits per heavy atom. The van der Waals surface area contributed by atoms with Gasteiger partial charge in [0.1, 0.15) is 6.23 Å². The number of rotatable bonds is 2. The molecule has 196 valence electrons. The predicted molar refractivity (Wildman–Crippen MR) is 143 cm³/mol. The molecule has 0 saturated carbocycles. The van der Waals surface area contributed by atoms with E-state index in [4.69, 9.17) is 8.83 Å². The van der Waals surface area contributed by atoms with Crippen molar-refractivity contribution < 1.29 is 13.9 Å². The molecule has 5 aliphatic rings. The van der Waals surface area contributed by atoms with Gasteiger partial charge in [-0.1, -0.05) is 13.8 Å². The van der Waals surface area contributed by atoms with Gasteiger partial charge in [-0.05, 0) is 87.2 Å². The molecule has 2 spiro atoms. The molecule has 2 aromatic heterocycles. The summed E-state index contributed by atoms with van der Waals surface area (Å²) >= 11 is 2.11. The molecule has 9 atom stereocenters. The summed E-state index contributed by atoms with van der Waals surface area (Å²) in [5.74, 6) is 2.59. The van der Waals surface area contributed by atoms with Crippen molar-refractivity contribution in [2.45, 2.75) is 107 Å². The van der Waals surface area contributed by atoms with Gasteiger partial charge in [-0.15, -0.1) is 0 Å². The molecule has 5 aliphatic heterocycles. The second-order valence-electron chi connectivity index (χ2n) is 13.0. The lowest BCUT2D eigenvalue weighted by Gasteiger charge is -2.57. The minimum absolute atomic E-state index is 0.0467. The summed E-state index contributed by atoms with van der Waals surface area (Å²) in [6.07, 6.45) is 18.1. The summed E-state index contributed by atoms with van der Waals surface area (Å²) in [5, 5.41) is 12.2. The Morgan fingerprint density at radius 1 is 0.861 bits per heavy atom. The van der Waals surface area contributed by atoms with Crippen LogP contribution in [0.3, 0.4) is 0 Å². The molecule has 1 unspecified atom stereocenters. The molecule has 5 saturated heterocycles. The van der Waals surface area contributed by atoms with E-state index in [1.165, 1.54) is 61.9 Å². The van der Waals surface area contributed by atoms with Gasteiger partial charge in [-0.25, -0.2) is 0 Å². The Balaban J connectivity index is 1.16. The van der Waals surface area contributed by atoms with E-state index in [0.717, 1.165) is 25.2 Å². The number of nitrogens with zero attached hydrogens (tertiary/aromatic N) is 2. The zero-order valence-electron chi connectivity index (χ0n) is 21.9. The number of fused-ring (bicyclic) bond motifs is 2. The average Bonchev–Trinajstić information content (AvgIpc) is 3.65. The number of furan rings is 2. The van der Waals surface area contributed by atoms with Crippen molar-refractivity contribution in [3.05, 3.63) is 48.3 Å². The van der Waals surface area contributed by atoms with E-state index in [-0.39, 0.29) is 17.0 Å². The fourth-order valence-corrected chi connectivity index (χ4v) is 10.9. The SMILES string of the molecule is C[C@@H]1CCC(c2ccoc2)N2C[C@@]3(CC[C@@H]12)CS[C@@]1(CC[C@H]2[C@H](C)CC[C@H](c4ccoc4)N2[C@@H]1O)C3. The molecule has 5 nitrogen and oxygen atoms in total. The maximum absolute atomic E-state index is 12.2. The summed E-state index contributed by atoms with van der Waals surface area (Å²) in [7, 11) is 0. The topological polar surface area (TPSA) is 53.0 Å². The van der Waals surface area contributed by atoms with Gasteiger partial charge in [0.2, 0.25) is 0 Å². The molecule has 7 rings (SSSR count). The van der Waals surface area contributed by atoms with Crippen LogP contribution in [0.4, 0.5) is 0 Å². The van der Waals surface area contributed by atoms with E-state index in [2.05, 4.69) is 47.5 Å². The van der Waals surface area contributed by atoms with Crippen molar-refractivity contribution in [3.63, 3.8) is 0 Å². The fourth-order valence-electron chi connectivity index (χ4n) is 9.05. The summed E-state index contributed by atoms with van der Waals surface area (Å²) in [6.45, 7) is 6.03. The van der Waals surface area contributed by atoms with E-state index in [1.807, 2.05) is 18.8 Å². The molecule has 0 bridgehead atoms. The highest BCUT2D eigenvalue weighted by molar-refractivity contribution is 8.01. The van der Waals surface area contributed by atoms with Gasteiger partial charge in [0.05, 0.1) is 29.8 Å².